The number of hydrogen-bond donors (Lipinski definition) is 1. The van der Waals surface area contributed by atoms with Crippen LogP contribution in [-0.2, 0) is 6.42 Å². The smallest absolute Gasteiger partial charge is 0.240 e. The lowest BCUT2D eigenvalue weighted by atomic mass is 9.99. The Morgan fingerprint density at radius 1 is 1.32 bits per heavy atom. The number of pyridine rings is 1. The van der Waals surface area contributed by atoms with E-state index >= 15 is 0 Å². The average Bonchev–Trinajstić information content (AvgIpc) is 3.08. The number of hydrogen-bond acceptors (Lipinski definition) is 5. The lowest BCUT2D eigenvalue weighted by Gasteiger charge is -2.11. The predicted octanol–water partition coefficient (Wildman–Crippen LogP) is 5.19. The van der Waals surface area contributed by atoms with Crippen molar-refractivity contribution in [3.05, 3.63) is 59.0 Å². The fourth-order valence-corrected chi connectivity index (χ4v) is 2.96. The van der Waals surface area contributed by atoms with Crippen LogP contribution in [0.3, 0.4) is 0 Å². The molecule has 0 aromatic carbocycles. The molecule has 0 radical (unpaired) electrons. The van der Waals surface area contributed by atoms with E-state index in [2.05, 4.69) is 67.8 Å². The van der Waals surface area contributed by atoms with Crippen LogP contribution in [0.25, 0.3) is 5.57 Å². The summed E-state index contributed by atoms with van der Waals surface area (Å²) < 4.78 is 5.44. The summed E-state index contributed by atoms with van der Waals surface area (Å²) in [5, 5.41) is 3.34. The van der Waals surface area contributed by atoms with Crippen molar-refractivity contribution in [1.29, 1.82) is 0 Å². The Balaban J connectivity index is 2.35. The average molecular weight is 379 g/mol. The van der Waals surface area contributed by atoms with Gasteiger partial charge in [-0.25, -0.2) is 9.98 Å². The van der Waals surface area contributed by atoms with Crippen LogP contribution >= 0.6 is 0 Å². The topological polar surface area (TPSA) is 58.9 Å². The quantitative estimate of drug-likeness (QED) is 0.525. The van der Waals surface area contributed by atoms with Gasteiger partial charge in [0.25, 0.3) is 0 Å². The van der Waals surface area contributed by atoms with E-state index in [1.54, 1.807) is 20.4 Å². The lowest BCUT2D eigenvalue weighted by molar-refractivity contribution is 0.399. The fourth-order valence-electron chi connectivity index (χ4n) is 2.96. The van der Waals surface area contributed by atoms with Gasteiger partial charge in [0, 0.05) is 42.7 Å². The van der Waals surface area contributed by atoms with Gasteiger partial charge in [0.05, 0.1) is 7.11 Å². The first-order valence-electron chi connectivity index (χ1n) is 9.45. The van der Waals surface area contributed by atoms with Crippen molar-refractivity contribution in [2.75, 3.05) is 14.2 Å². The van der Waals surface area contributed by atoms with E-state index in [0.717, 1.165) is 45.9 Å². The molecule has 1 N–H and O–H groups in total. The lowest BCUT2D eigenvalue weighted by Crippen LogP contribution is -2.23. The van der Waals surface area contributed by atoms with Gasteiger partial charge in [0.1, 0.15) is 11.5 Å². The van der Waals surface area contributed by atoms with Gasteiger partial charge in [-0.1, -0.05) is 37.3 Å². The summed E-state index contributed by atoms with van der Waals surface area (Å²) in [6.07, 6.45) is 11.6. The zero-order chi connectivity index (χ0) is 20.7. The number of ether oxygens (including phenoxy) is 1. The number of methoxy groups -OCH3 is 1. The molecule has 1 aromatic rings. The van der Waals surface area contributed by atoms with Crippen LogP contribution in [0.2, 0.25) is 0 Å². The summed E-state index contributed by atoms with van der Waals surface area (Å²) in [7, 11) is 3.37. The van der Waals surface area contributed by atoms with Crippen molar-refractivity contribution >= 4 is 23.3 Å². The number of allylic oxidation sites excluding steroid dienone is 6. The van der Waals surface area contributed by atoms with Crippen LogP contribution < -0.4 is 10.1 Å². The van der Waals surface area contributed by atoms with E-state index in [0.29, 0.717) is 12.3 Å². The van der Waals surface area contributed by atoms with Crippen LogP contribution in [0, 0.1) is 0 Å². The Hall–Kier alpha value is -2.95. The van der Waals surface area contributed by atoms with Crippen LogP contribution in [0.1, 0.15) is 45.2 Å². The first kappa shape index (κ1) is 21.4. The van der Waals surface area contributed by atoms with E-state index in [1.165, 1.54) is 5.57 Å². The van der Waals surface area contributed by atoms with E-state index in [4.69, 9.17) is 9.73 Å². The van der Waals surface area contributed by atoms with Gasteiger partial charge >= 0.3 is 0 Å². The molecule has 2 rings (SSSR count). The second-order valence-corrected chi connectivity index (χ2v) is 6.90. The van der Waals surface area contributed by atoms with Crippen molar-refractivity contribution in [1.82, 2.24) is 10.3 Å². The molecule has 5 heteroatoms. The minimum Gasteiger partial charge on any atom is -0.479 e. The molecule has 0 unspecified atom stereocenters. The molecule has 0 saturated carbocycles. The van der Waals surface area contributed by atoms with Crippen molar-refractivity contribution in [3.8, 4) is 5.88 Å². The summed E-state index contributed by atoms with van der Waals surface area (Å²) in [6, 6.07) is 0. The molecule has 2 heterocycles. The molecule has 28 heavy (non-hydrogen) atoms. The maximum Gasteiger partial charge on any atom is 0.240 e. The Morgan fingerprint density at radius 3 is 2.68 bits per heavy atom. The number of aromatic nitrogens is 1. The van der Waals surface area contributed by atoms with Gasteiger partial charge < -0.3 is 10.1 Å². The Labute approximate surface area is 168 Å². The van der Waals surface area contributed by atoms with E-state index < -0.39 is 0 Å². The molecule has 5 nitrogen and oxygen atoms in total. The molecule has 148 valence electrons. The van der Waals surface area contributed by atoms with E-state index in [1.807, 2.05) is 6.20 Å². The highest BCUT2D eigenvalue weighted by Gasteiger charge is 2.24. The first-order chi connectivity index (χ1) is 13.4. The number of aliphatic imine (C=N–C) groups is 2. The number of fused-ring (bicyclic) bond motifs is 1. The maximum absolute atomic E-state index is 5.44. The third-order valence-electron chi connectivity index (χ3n) is 4.34. The number of nitrogens with zero attached hydrogens (tertiary/aromatic N) is 3. The number of nitrogens with one attached hydrogen (secondary N) is 1. The Kier molecular flexibility index (Phi) is 7.50. The van der Waals surface area contributed by atoms with Gasteiger partial charge in [0.15, 0.2) is 0 Å². The molecule has 1 aromatic heterocycles. The van der Waals surface area contributed by atoms with Crippen molar-refractivity contribution in [2.24, 2.45) is 9.98 Å². The van der Waals surface area contributed by atoms with Gasteiger partial charge in [-0.05, 0) is 38.3 Å². The monoisotopic (exact) mass is 378 g/mol. The van der Waals surface area contributed by atoms with Gasteiger partial charge in [-0.15, -0.1) is 0 Å². The molecule has 0 fully saturated rings. The van der Waals surface area contributed by atoms with Gasteiger partial charge in [0.2, 0.25) is 5.88 Å². The Bertz CT molecular complexity index is 897. The summed E-state index contributed by atoms with van der Waals surface area (Å²) in [4.78, 5) is 13.3. The molecule has 1 aliphatic heterocycles. The maximum atomic E-state index is 5.44. The molecule has 0 saturated heterocycles. The van der Waals surface area contributed by atoms with Crippen LogP contribution in [0.4, 0.5) is 5.69 Å². The summed E-state index contributed by atoms with van der Waals surface area (Å²) >= 11 is 0. The highest BCUT2D eigenvalue weighted by atomic mass is 16.5. The molecular formula is C23H30N4O. The summed E-state index contributed by atoms with van der Waals surface area (Å²) in [5.74, 6) is 1.37. The molecule has 1 aliphatic rings. The number of rotatable bonds is 7. The second kappa shape index (κ2) is 9.83. The number of amidine groups is 1. The van der Waals surface area contributed by atoms with Gasteiger partial charge in [-0.2, -0.15) is 0 Å². The zero-order valence-corrected chi connectivity index (χ0v) is 17.8. The summed E-state index contributed by atoms with van der Waals surface area (Å²) in [6.45, 7) is 12.5. The molecule has 0 aliphatic carbocycles. The van der Waals surface area contributed by atoms with Gasteiger partial charge in [-0.3, -0.25) is 4.99 Å². The third-order valence-corrected chi connectivity index (χ3v) is 4.34. The normalized spacial score (nSPS) is 14.0. The van der Waals surface area contributed by atoms with Crippen LogP contribution in [-0.4, -0.2) is 31.2 Å². The van der Waals surface area contributed by atoms with Crippen molar-refractivity contribution < 1.29 is 4.74 Å². The SMILES string of the molecule is C=C(NC1=Nc2c(OC)ncc(/C(C)=C/C=C(C)C)c2C1)/C(C=NC)=C/CC. The molecular weight excluding hydrogens is 348 g/mol. The van der Waals surface area contributed by atoms with E-state index in [9.17, 15) is 0 Å². The van der Waals surface area contributed by atoms with Crippen molar-refractivity contribution in [2.45, 2.75) is 40.5 Å². The predicted molar refractivity (Wildman–Crippen MR) is 120 cm³/mol. The molecule has 0 spiro atoms. The van der Waals surface area contributed by atoms with Crippen LogP contribution in [0.5, 0.6) is 5.88 Å². The minimum atomic E-state index is 0.538. The second-order valence-electron chi connectivity index (χ2n) is 6.90. The highest BCUT2D eigenvalue weighted by Crippen LogP contribution is 2.38. The third kappa shape index (κ3) is 5.06. The highest BCUT2D eigenvalue weighted by molar-refractivity contribution is 5.98. The van der Waals surface area contributed by atoms with Crippen molar-refractivity contribution in [3.63, 3.8) is 0 Å². The molecule has 0 atom stereocenters. The zero-order valence-electron chi connectivity index (χ0n) is 17.8. The largest absolute Gasteiger partial charge is 0.479 e. The standard InChI is InChI=1S/C23H30N4O/c1-8-9-18(13-24-6)17(5)26-21-12-19-20(16(4)11-10-15(2)3)14-25-23(28-7)22(19)27-21/h9-11,13-14H,5,8,12H2,1-4,6-7H3,(H,26,27)/b16-11+,18-9+,24-13?. The van der Waals surface area contributed by atoms with Crippen LogP contribution in [0.15, 0.2) is 57.8 Å². The first-order valence-corrected chi connectivity index (χ1v) is 9.45. The summed E-state index contributed by atoms with van der Waals surface area (Å²) in [5.41, 5.74) is 7.12. The Morgan fingerprint density at radius 2 is 2.07 bits per heavy atom. The molecule has 0 bridgehead atoms. The minimum absolute atomic E-state index is 0.538. The fraction of sp³-hybridized carbons (Fsp3) is 0.348. The van der Waals surface area contributed by atoms with E-state index in [-0.39, 0.29) is 0 Å². The molecule has 0 amide bonds.